The molecule has 1 saturated heterocycles. The molecule has 1 atom stereocenters. The molecule has 0 aliphatic carbocycles. The van der Waals surface area contributed by atoms with Crippen molar-refractivity contribution in [2.75, 3.05) is 12.3 Å². The summed E-state index contributed by atoms with van der Waals surface area (Å²) < 4.78 is 1.65. The summed E-state index contributed by atoms with van der Waals surface area (Å²) in [6, 6.07) is -0.185. The molecule has 5 heteroatoms. The first-order valence-electron chi connectivity index (χ1n) is 4.85. The van der Waals surface area contributed by atoms with Crippen molar-refractivity contribution in [3.8, 4) is 0 Å². The highest BCUT2D eigenvalue weighted by atomic mass is 16.2. The third kappa shape index (κ3) is 1.71. The number of amides is 1. The fourth-order valence-electron chi connectivity index (χ4n) is 1.70. The molecule has 3 N–H and O–H groups in total. The standard InChI is InChI=1S/C9H14N4O/c10-7-5-12-13(6-7)8-3-1-2-4-11-9(8)14/h5-6,8H,1-4,10H2,(H,11,14). The van der Waals surface area contributed by atoms with E-state index in [0.29, 0.717) is 5.69 Å². The minimum absolute atomic E-state index is 0.0469. The van der Waals surface area contributed by atoms with Gasteiger partial charge in [-0.3, -0.25) is 9.48 Å². The minimum Gasteiger partial charge on any atom is -0.396 e. The molecule has 0 radical (unpaired) electrons. The van der Waals surface area contributed by atoms with Crippen LogP contribution < -0.4 is 11.1 Å². The molecule has 1 unspecified atom stereocenters. The van der Waals surface area contributed by atoms with Crippen LogP contribution in [0.2, 0.25) is 0 Å². The quantitative estimate of drug-likeness (QED) is 0.675. The van der Waals surface area contributed by atoms with Crippen LogP contribution in [-0.2, 0) is 4.79 Å². The van der Waals surface area contributed by atoms with Crippen molar-refractivity contribution >= 4 is 11.6 Å². The molecule has 1 aliphatic heterocycles. The van der Waals surface area contributed by atoms with E-state index < -0.39 is 0 Å². The van der Waals surface area contributed by atoms with Gasteiger partial charge in [0.1, 0.15) is 6.04 Å². The predicted octanol–water partition coefficient (Wildman–Crippen LogP) is 0.306. The SMILES string of the molecule is Nc1cnn(C2CCCCNC2=O)c1. The predicted molar refractivity (Wildman–Crippen MR) is 52.5 cm³/mol. The Hall–Kier alpha value is -1.52. The van der Waals surface area contributed by atoms with E-state index in [1.807, 2.05) is 0 Å². The number of nitrogens with two attached hydrogens (primary N) is 1. The first-order valence-corrected chi connectivity index (χ1v) is 4.85. The molecule has 1 aromatic heterocycles. The van der Waals surface area contributed by atoms with Gasteiger partial charge in [-0.15, -0.1) is 0 Å². The van der Waals surface area contributed by atoms with Crippen LogP contribution in [0.4, 0.5) is 5.69 Å². The second-order valence-electron chi connectivity index (χ2n) is 3.56. The van der Waals surface area contributed by atoms with Gasteiger partial charge in [-0.1, -0.05) is 0 Å². The van der Waals surface area contributed by atoms with Crippen LogP contribution in [-0.4, -0.2) is 22.2 Å². The topological polar surface area (TPSA) is 72.9 Å². The molecular weight excluding hydrogens is 180 g/mol. The Morgan fingerprint density at radius 3 is 3.14 bits per heavy atom. The third-order valence-electron chi connectivity index (χ3n) is 2.45. The number of anilines is 1. The fraction of sp³-hybridized carbons (Fsp3) is 0.556. The summed E-state index contributed by atoms with van der Waals surface area (Å²) >= 11 is 0. The molecular formula is C9H14N4O. The van der Waals surface area contributed by atoms with Crippen LogP contribution in [0.3, 0.4) is 0 Å². The lowest BCUT2D eigenvalue weighted by Gasteiger charge is -2.12. The summed E-state index contributed by atoms with van der Waals surface area (Å²) in [5.74, 6) is 0.0469. The number of hydrogen-bond acceptors (Lipinski definition) is 3. The van der Waals surface area contributed by atoms with E-state index >= 15 is 0 Å². The molecule has 0 aromatic carbocycles. The average Bonchev–Trinajstić information content (AvgIpc) is 2.46. The highest BCUT2D eigenvalue weighted by Gasteiger charge is 2.22. The number of hydrogen-bond donors (Lipinski definition) is 2. The number of carbonyl (C=O) groups excluding carboxylic acids is 1. The van der Waals surface area contributed by atoms with Gasteiger partial charge >= 0.3 is 0 Å². The van der Waals surface area contributed by atoms with Crippen molar-refractivity contribution in [1.29, 1.82) is 0 Å². The molecule has 14 heavy (non-hydrogen) atoms. The maximum Gasteiger partial charge on any atom is 0.244 e. The third-order valence-corrected chi connectivity index (χ3v) is 2.45. The maximum atomic E-state index is 11.6. The highest BCUT2D eigenvalue weighted by molar-refractivity contribution is 5.80. The second kappa shape index (κ2) is 3.69. The lowest BCUT2D eigenvalue weighted by atomic mass is 10.1. The zero-order valence-electron chi connectivity index (χ0n) is 7.94. The van der Waals surface area contributed by atoms with E-state index in [9.17, 15) is 4.79 Å². The molecule has 2 heterocycles. The van der Waals surface area contributed by atoms with Crippen molar-refractivity contribution in [3.63, 3.8) is 0 Å². The molecule has 5 nitrogen and oxygen atoms in total. The van der Waals surface area contributed by atoms with Gasteiger partial charge in [0.25, 0.3) is 0 Å². The van der Waals surface area contributed by atoms with Crippen molar-refractivity contribution in [2.45, 2.75) is 25.3 Å². The van der Waals surface area contributed by atoms with Gasteiger partial charge in [-0.05, 0) is 19.3 Å². The molecule has 76 valence electrons. The van der Waals surface area contributed by atoms with Crippen LogP contribution in [0.25, 0.3) is 0 Å². The van der Waals surface area contributed by atoms with E-state index in [-0.39, 0.29) is 11.9 Å². The summed E-state index contributed by atoms with van der Waals surface area (Å²) in [7, 11) is 0. The molecule has 1 aliphatic rings. The van der Waals surface area contributed by atoms with E-state index in [2.05, 4.69) is 10.4 Å². The van der Waals surface area contributed by atoms with Gasteiger partial charge in [-0.25, -0.2) is 0 Å². The Morgan fingerprint density at radius 1 is 1.57 bits per heavy atom. The zero-order chi connectivity index (χ0) is 9.97. The van der Waals surface area contributed by atoms with Gasteiger partial charge in [-0.2, -0.15) is 5.10 Å². The van der Waals surface area contributed by atoms with Crippen LogP contribution in [0, 0.1) is 0 Å². The molecule has 1 aromatic rings. The van der Waals surface area contributed by atoms with E-state index in [1.54, 1.807) is 17.1 Å². The summed E-state index contributed by atoms with van der Waals surface area (Å²) in [6.07, 6.45) is 6.20. The van der Waals surface area contributed by atoms with Crippen molar-refractivity contribution in [2.24, 2.45) is 0 Å². The number of carbonyl (C=O) groups is 1. The van der Waals surface area contributed by atoms with Gasteiger partial charge in [0.05, 0.1) is 11.9 Å². The van der Waals surface area contributed by atoms with Crippen molar-refractivity contribution in [3.05, 3.63) is 12.4 Å². The molecule has 1 amide bonds. The van der Waals surface area contributed by atoms with Crippen LogP contribution >= 0.6 is 0 Å². The maximum absolute atomic E-state index is 11.6. The normalized spacial score (nSPS) is 22.9. The first kappa shape index (κ1) is 9.05. The first-order chi connectivity index (χ1) is 6.77. The van der Waals surface area contributed by atoms with E-state index in [4.69, 9.17) is 5.73 Å². The minimum atomic E-state index is -0.185. The lowest BCUT2D eigenvalue weighted by Crippen LogP contribution is -2.31. The number of rotatable bonds is 1. The Morgan fingerprint density at radius 2 is 2.43 bits per heavy atom. The largest absolute Gasteiger partial charge is 0.396 e. The summed E-state index contributed by atoms with van der Waals surface area (Å²) in [4.78, 5) is 11.6. The zero-order valence-corrected chi connectivity index (χ0v) is 7.94. The highest BCUT2D eigenvalue weighted by Crippen LogP contribution is 2.18. The molecule has 2 rings (SSSR count). The molecule has 0 spiro atoms. The number of nitrogens with one attached hydrogen (secondary N) is 1. The summed E-state index contributed by atoms with van der Waals surface area (Å²) in [6.45, 7) is 0.770. The van der Waals surface area contributed by atoms with E-state index in [1.165, 1.54) is 0 Å². The summed E-state index contributed by atoms with van der Waals surface area (Å²) in [5.41, 5.74) is 6.15. The fourth-order valence-corrected chi connectivity index (χ4v) is 1.70. The van der Waals surface area contributed by atoms with Crippen molar-refractivity contribution in [1.82, 2.24) is 15.1 Å². The smallest absolute Gasteiger partial charge is 0.244 e. The molecule has 0 saturated carbocycles. The van der Waals surface area contributed by atoms with Gasteiger partial charge in [0.15, 0.2) is 0 Å². The van der Waals surface area contributed by atoms with Crippen LogP contribution in [0.1, 0.15) is 25.3 Å². The summed E-state index contributed by atoms with van der Waals surface area (Å²) in [5, 5.41) is 6.92. The van der Waals surface area contributed by atoms with Crippen molar-refractivity contribution < 1.29 is 4.79 Å². The van der Waals surface area contributed by atoms with E-state index in [0.717, 1.165) is 25.8 Å². The molecule has 1 fully saturated rings. The Kier molecular flexibility index (Phi) is 2.39. The average molecular weight is 194 g/mol. The monoisotopic (exact) mass is 194 g/mol. The Balaban J connectivity index is 2.18. The second-order valence-corrected chi connectivity index (χ2v) is 3.56. The van der Waals surface area contributed by atoms with Gasteiger partial charge in [0.2, 0.25) is 5.91 Å². The number of nitrogens with zero attached hydrogens (tertiary/aromatic N) is 2. The van der Waals surface area contributed by atoms with Gasteiger partial charge < -0.3 is 11.1 Å². The Bertz CT molecular complexity index is 333. The van der Waals surface area contributed by atoms with Crippen LogP contribution in [0.5, 0.6) is 0 Å². The number of nitrogen functional groups attached to an aromatic ring is 1. The Labute approximate surface area is 82.3 Å². The lowest BCUT2D eigenvalue weighted by molar-refractivity contribution is -0.124. The molecule has 0 bridgehead atoms. The number of aromatic nitrogens is 2. The van der Waals surface area contributed by atoms with Crippen LogP contribution in [0.15, 0.2) is 12.4 Å². The van der Waals surface area contributed by atoms with Gasteiger partial charge in [0, 0.05) is 12.7 Å².